The Morgan fingerprint density at radius 3 is 2.65 bits per heavy atom. The second-order valence-corrected chi connectivity index (χ2v) is 10.0. The van der Waals surface area contributed by atoms with E-state index in [1.807, 2.05) is 6.92 Å². The fourth-order valence-electron chi connectivity index (χ4n) is 5.81. The van der Waals surface area contributed by atoms with E-state index < -0.39 is 0 Å². The van der Waals surface area contributed by atoms with E-state index >= 15 is 0 Å². The monoisotopic (exact) mass is 379 g/mol. The highest BCUT2D eigenvalue weighted by Gasteiger charge is 2.57. The summed E-state index contributed by atoms with van der Waals surface area (Å²) in [5, 5.41) is 2.81. The zero-order valence-corrected chi connectivity index (χ0v) is 15.1. The molecule has 4 fully saturated rings. The molecule has 4 heteroatoms. The molecule has 2 atom stereocenters. The third-order valence-corrected chi connectivity index (χ3v) is 6.97. The zero-order valence-electron chi connectivity index (χ0n) is 13.5. The normalized spacial score (nSPS) is 37.9. The van der Waals surface area contributed by atoms with Crippen LogP contribution in [0.3, 0.4) is 0 Å². The third kappa shape index (κ3) is 2.95. The van der Waals surface area contributed by atoms with Gasteiger partial charge in [-0.3, -0.25) is 4.79 Å². The van der Waals surface area contributed by atoms with Crippen LogP contribution in [0.15, 0.2) is 18.2 Å². The summed E-state index contributed by atoms with van der Waals surface area (Å²) in [5.74, 6) is 1.14. The molecule has 0 aliphatic heterocycles. The molecule has 0 heterocycles. The maximum absolute atomic E-state index is 13.9. The van der Waals surface area contributed by atoms with Gasteiger partial charge in [0.2, 0.25) is 5.91 Å². The van der Waals surface area contributed by atoms with Crippen LogP contribution < -0.4 is 5.32 Å². The number of hydrogen-bond donors (Lipinski definition) is 1. The predicted octanol–water partition coefficient (Wildman–Crippen LogP) is 5.20. The molecule has 23 heavy (non-hydrogen) atoms. The van der Waals surface area contributed by atoms with Crippen molar-refractivity contribution in [3.63, 3.8) is 0 Å². The Bertz CT molecular complexity index is 645. The number of alkyl halides is 1. The van der Waals surface area contributed by atoms with E-state index in [0.29, 0.717) is 12.1 Å². The van der Waals surface area contributed by atoms with Crippen LogP contribution in [-0.4, -0.2) is 10.2 Å². The number of hydrogen-bond acceptors (Lipinski definition) is 1. The Morgan fingerprint density at radius 1 is 1.30 bits per heavy atom. The number of rotatable bonds is 3. The van der Waals surface area contributed by atoms with Gasteiger partial charge < -0.3 is 5.32 Å². The Kier molecular flexibility index (Phi) is 3.60. The van der Waals surface area contributed by atoms with Crippen molar-refractivity contribution < 1.29 is 9.18 Å². The van der Waals surface area contributed by atoms with Gasteiger partial charge in [0.1, 0.15) is 5.82 Å². The molecule has 1 N–H and O–H groups in total. The average Bonchev–Trinajstić information content (AvgIpc) is 2.39. The van der Waals surface area contributed by atoms with Crippen molar-refractivity contribution in [1.82, 2.24) is 0 Å². The van der Waals surface area contributed by atoms with Gasteiger partial charge in [-0.15, -0.1) is 0 Å². The van der Waals surface area contributed by atoms with E-state index in [1.165, 1.54) is 38.2 Å². The highest BCUT2D eigenvalue weighted by molar-refractivity contribution is 9.10. The molecule has 4 aliphatic rings. The topological polar surface area (TPSA) is 29.1 Å². The molecule has 0 radical (unpaired) electrons. The number of halogens is 2. The maximum Gasteiger partial charge on any atom is 0.225 e. The first-order valence-electron chi connectivity index (χ1n) is 8.60. The van der Waals surface area contributed by atoms with Gasteiger partial charge in [0, 0.05) is 10.7 Å². The minimum Gasteiger partial charge on any atom is -0.324 e. The molecular weight excluding hydrogens is 357 g/mol. The Hall–Kier alpha value is -0.900. The number of nitrogens with one attached hydrogen (secondary N) is 1. The molecule has 4 saturated carbocycles. The quantitative estimate of drug-likeness (QED) is 0.718. The van der Waals surface area contributed by atoms with Crippen molar-refractivity contribution in [1.29, 1.82) is 0 Å². The van der Waals surface area contributed by atoms with Crippen molar-refractivity contribution in [3.8, 4) is 0 Å². The van der Waals surface area contributed by atoms with Gasteiger partial charge in [-0.05, 0) is 80.4 Å². The highest BCUT2D eigenvalue weighted by atomic mass is 79.9. The van der Waals surface area contributed by atoms with Crippen molar-refractivity contribution in [3.05, 3.63) is 29.6 Å². The Morgan fingerprint density at radius 2 is 2.00 bits per heavy atom. The lowest BCUT2D eigenvalue weighted by Crippen LogP contribution is -2.53. The summed E-state index contributed by atoms with van der Waals surface area (Å²) in [6, 6.07) is 4.85. The summed E-state index contributed by atoms with van der Waals surface area (Å²) in [7, 11) is 0. The molecule has 5 rings (SSSR count). The second-order valence-electron chi connectivity index (χ2n) is 8.32. The largest absolute Gasteiger partial charge is 0.324 e. The molecule has 0 aromatic heterocycles. The minimum atomic E-state index is -0.355. The van der Waals surface area contributed by atoms with Gasteiger partial charge >= 0.3 is 0 Å². The van der Waals surface area contributed by atoms with Gasteiger partial charge in [-0.1, -0.05) is 22.0 Å². The van der Waals surface area contributed by atoms with Gasteiger partial charge in [-0.25, -0.2) is 4.39 Å². The van der Waals surface area contributed by atoms with Crippen molar-refractivity contribution in [2.24, 2.45) is 17.3 Å². The van der Waals surface area contributed by atoms with Crippen LogP contribution in [0.1, 0.15) is 50.5 Å². The van der Waals surface area contributed by atoms with E-state index in [9.17, 15) is 9.18 Å². The number of carbonyl (C=O) groups is 1. The first-order valence-corrected chi connectivity index (χ1v) is 9.39. The molecular formula is C19H23BrFNO. The van der Waals surface area contributed by atoms with E-state index in [1.54, 1.807) is 12.1 Å². The van der Waals surface area contributed by atoms with Gasteiger partial charge in [-0.2, -0.15) is 0 Å². The molecule has 4 aliphatic carbocycles. The summed E-state index contributed by atoms with van der Waals surface area (Å²) < 4.78 is 14.1. The molecule has 124 valence electrons. The first kappa shape index (κ1) is 15.6. The first-order chi connectivity index (χ1) is 10.8. The lowest BCUT2D eigenvalue weighted by molar-refractivity contribution is -0.123. The molecule has 1 amide bonds. The molecule has 2 unspecified atom stereocenters. The number of carbonyl (C=O) groups excluding carboxylic acids is 1. The van der Waals surface area contributed by atoms with Gasteiger partial charge in [0.15, 0.2) is 0 Å². The summed E-state index contributed by atoms with van der Waals surface area (Å²) >= 11 is 3.98. The fraction of sp³-hybridized carbons (Fsp3) is 0.632. The molecule has 2 nitrogen and oxygen atoms in total. The predicted molar refractivity (Wildman–Crippen MR) is 93.2 cm³/mol. The minimum absolute atomic E-state index is 0.0347. The van der Waals surface area contributed by atoms with Crippen LogP contribution in [0.5, 0.6) is 0 Å². The van der Waals surface area contributed by atoms with Gasteiger partial charge in [0.25, 0.3) is 0 Å². The van der Waals surface area contributed by atoms with Crippen LogP contribution in [0.25, 0.3) is 0 Å². The standard InChI is InChI=1S/C19H23BrFNO/c1-12-2-3-15(21)16(4-12)22-17(23)10-18-6-13-5-14(7-18)9-19(20,8-13)11-18/h2-4,13-14H,5-11H2,1H3,(H,22,23). The average molecular weight is 380 g/mol. The smallest absolute Gasteiger partial charge is 0.225 e. The Labute approximate surface area is 145 Å². The maximum atomic E-state index is 13.9. The van der Waals surface area contributed by atoms with Crippen LogP contribution in [0.2, 0.25) is 0 Å². The molecule has 0 saturated heterocycles. The lowest BCUT2D eigenvalue weighted by atomic mass is 9.48. The van der Waals surface area contributed by atoms with Crippen LogP contribution in [0.4, 0.5) is 10.1 Å². The van der Waals surface area contributed by atoms with E-state index in [0.717, 1.165) is 23.8 Å². The van der Waals surface area contributed by atoms with E-state index in [4.69, 9.17) is 0 Å². The second kappa shape index (κ2) is 5.30. The number of benzene rings is 1. The van der Waals surface area contributed by atoms with Crippen LogP contribution in [0, 0.1) is 30.0 Å². The third-order valence-electron chi connectivity index (χ3n) is 6.04. The Balaban J connectivity index is 1.49. The molecule has 4 bridgehead atoms. The number of aryl methyl sites for hydroxylation is 1. The van der Waals surface area contributed by atoms with Crippen molar-refractivity contribution in [2.45, 2.75) is 56.2 Å². The zero-order chi connectivity index (χ0) is 16.2. The lowest BCUT2D eigenvalue weighted by Gasteiger charge is -2.60. The highest BCUT2D eigenvalue weighted by Crippen LogP contribution is 2.65. The summed E-state index contributed by atoms with van der Waals surface area (Å²) in [4.78, 5) is 12.6. The fourth-order valence-corrected chi connectivity index (χ4v) is 7.32. The van der Waals surface area contributed by atoms with Gasteiger partial charge in [0.05, 0.1) is 5.69 Å². The SMILES string of the molecule is Cc1ccc(F)c(NC(=O)CC23CC4CC(CC(Br)(C4)C2)C3)c1. The number of anilines is 1. The van der Waals surface area contributed by atoms with E-state index in [2.05, 4.69) is 21.2 Å². The van der Waals surface area contributed by atoms with E-state index in [-0.39, 0.29) is 21.5 Å². The number of amides is 1. The van der Waals surface area contributed by atoms with Crippen LogP contribution >= 0.6 is 15.9 Å². The summed E-state index contributed by atoms with van der Waals surface area (Å²) in [6.45, 7) is 1.91. The summed E-state index contributed by atoms with van der Waals surface area (Å²) in [6.07, 6.45) is 7.82. The molecule has 1 aromatic rings. The summed E-state index contributed by atoms with van der Waals surface area (Å²) in [5.41, 5.74) is 1.39. The van der Waals surface area contributed by atoms with Crippen molar-refractivity contribution in [2.75, 3.05) is 5.32 Å². The van der Waals surface area contributed by atoms with Crippen molar-refractivity contribution >= 4 is 27.5 Å². The van der Waals surface area contributed by atoms with Crippen LogP contribution in [-0.2, 0) is 4.79 Å². The molecule has 1 aromatic carbocycles. The molecule has 0 spiro atoms.